The number of hydrogen-bond donors (Lipinski definition) is 0. The van der Waals surface area contributed by atoms with Crippen LogP contribution in [0.15, 0.2) is 30.5 Å². The van der Waals surface area contributed by atoms with Crippen molar-refractivity contribution < 1.29 is 4.79 Å². The van der Waals surface area contributed by atoms with Crippen LogP contribution in [-0.4, -0.2) is 20.4 Å². The van der Waals surface area contributed by atoms with Crippen molar-refractivity contribution >= 4 is 22.8 Å². The fraction of sp³-hybridized carbons (Fsp3) is 0.235. The van der Waals surface area contributed by atoms with E-state index in [9.17, 15) is 4.79 Å². The Balaban J connectivity index is 2.04. The van der Waals surface area contributed by atoms with Gasteiger partial charge >= 0.3 is 0 Å². The molecular weight excluding hydrogens is 294 g/mol. The lowest BCUT2D eigenvalue weighted by Crippen LogP contribution is -1.96. The summed E-state index contributed by atoms with van der Waals surface area (Å²) in [6.45, 7) is 3.67. The van der Waals surface area contributed by atoms with Gasteiger partial charge in [0.2, 0.25) is 0 Å². The zero-order valence-electron chi connectivity index (χ0n) is 12.5. The van der Waals surface area contributed by atoms with E-state index in [2.05, 4.69) is 28.8 Å². The molecule has 0 saturated heterocycles. The molecule has 0 aliphatic heterocycles. The van der Waals surface area contributed by atoms with Gasteiger partial charge in [-0.1, -0.05) is 12.8 Å². The molecule has 3 heterocycles. The summed E-state index contributed by atoms with van der Waals surface area (Å²) in [7, 11) is 0. The van der Waals surface area contributed by atoms with Gasteiger partial charge in [-0.15, -0.1) is 11.3 Å². The molecule has 0 unspecified atom stereocenters. The first kappa shape index (κ1) is 14.5. The highest BCUT2D eigenvalue weighted by atomic mass is 32.1. The second-order valence-corrected chi connectivity index (χ2v) is 5.99. The predicted octanol–water partition coefficient (Wildman–Crippen LogP) is 3.81. The fourth-order valence-electron chi connectivity index (χ4n) is 2.05. The minimum atomic E-state index is 0.0733. The van der Waals surface area contributed by atoms with E-state index < -0.39 is 0 Å². The number of Topliss-reactive ketones (excluding diaryl/α,β-unsaturated/α-hetero) is 1. The van der Waals surface area contributed by atoms with Gasteiger partial charge in [-0.2, -0.15) is 5.10 Å². The molecule has 3 aromatic rings. The summed E-state index contributed by atoms with van der Waals surface area (Å²) < 4.78 is 1.78. The Kier molecular flexibility index (Phi) is 4.03. The standard InChI is InChI=1S/C17H15N3OS/c1-3-4-5-6-13-7-10-17-18-11-14(20(17)19-13)16-9-8-15(22-16)12(2)21/h7-11H,3-4H2,1-2H3. The van der Waals surface area contributed by atoms with E-state index in [0.717, 1.165) is 39.6 Å². The van der Waals surface area contributed by atoms with Gasteiger partial charge in [0.15, 0.2) is 11.4 Å². The number of hydrogen-bond acceptors (Lipinski definition) is 4. The number of carbonyl (C=O) groups is 1. The van der Waals surface area contributed by atoms with Crippen LogP contribution in [0.25, 0.3) is 16.2 Å². The Morgan fingerprint density at radius 3 is 2.91 bits per heavy atom. The van der Waals surface area contributed by atoms with Crippen molar-refractivity contribution in [2.75, 3.05) is 0 Å². The van der Waals surface area contributed by atoms with Gasteiger partial charge in [0.05, 0.1) is 16.0 Å². The number of nitrogens with zero attached hydrogens (tertiary/aromatic N) is 3. The monoisotopic (exact) mass is 309 g/mol. The third-order valence-corrected chi connectivity index (χ3v) is 4.37. The molecule has 0 aliphatic rings. The van der Waals surface area contributed by atoms with Crippen molar-refractivity contribution in [1.29, 1.82) is 0 Å². The van der Waals surface area contributed by atoms with Gasteiger partial charge in [-0.25, -0.2) is 9.50 Å². The van der Waals surface area contributed by atoms with Gasteiger partial charge in [-0.3, -0.25) is 4.79 Å². The SMILES string of the molecule is CCCC#Cc1ccc2ncc(-c3ccc(C(C)=O)s3)n2n1. The Morgan fingerprint density at radius 2 is 2.18 bits per heavy atom. The number of imidazole rings is 1. The van der Waals surface area contributed by atoms with E-state index in [4.69, 9.17) is 0 Å². The molecule has 0 aliphatic carbocycles. The van der Waals surface area contributed by atoms with Gasteiger partial charge in [0.1, 0.15) is 11.4 Å². The average Bonchev–Trinajstić information content (AvgIpc) is 3.13. The van der Waals surface area contributed by atoms with E-state index in [-0.39, 0.29) is 5.78 Å². The number of carbonyl (C=O) groups excluding carboxylic acids is 1. The van der Waals surface area contributed by atoms with Crippen LogP contribution in [0, 0.1) is 11.8 Å². The zero-order valence-corrected chi connectivity index (χ0v) is 13.3. The van der Waals surface area contributed by atoms with Crippen molar-refractivity contribution in [2.45, 2.75) is 26.7 Å². The highest BCUT2D eigenvalue weighted by Gasteiger charge is 2.11. The van der Waals surface area contributed by atoms with Crippen LogP contribution < -0.4 is 0 Å². The molecule has 5 heteroatoms. The minimum absolute atomic E-state index is 0.0733. The molecule has 3 aromatic heterocycles. The second-order valence-electron chi connectivity index (χ2n) is 4.90. The van der Waals surface area contributed by atoms with Crippen LogP contribution >= 0.6 is 11.3 Å². The lowest BCUT2D eigenvalue weighted by molar-refractivity contribution is 0.102. The van der Waals surface area contributed by atoms with Gasteiger partial charge in [0, 0.05) is 6.42 Å². The van der Waals surface area contributed by atoms with Crippen molar-refractivity contribution in [2.24, 2.45) is 0 Å². The number of rotatable bonds is 3. The Hall–Kier alpha value is -2.45. The van der Waals surface area contributed by atoms with Crippen molar-refractivity contribution in [1.82, 2.24) is 14.6 Å². The summed E-state index contributed by atoms with van der Waals surface area (Å²) in [6, 6.07) is 7.56. The molecule has 0 saturated carbocycles. The quantitative estimate of drug-likeness (QED) is 0.546. The lowest BCUT2D eigenvalue weighted by Gasteiger charge is -1.98. The second kappa shape index (κ2) is 6.12. The van der Waals surface area contributed by atoms with E-state index in [0.29, 0.717) is 0 Å². The summed E-state index contributed by atoms with van der Waals surface area (Å²) in [4.78, 5) is 17.5. The van der Waals surface area contributed by atoms with Crippen molar-refractivity contribution in [3.63, 3.8) is 0 Å². The lowest BCUT2D eigenvalue weighted by atomic mass is 10.3. The van der Waals surface area contributed by atoms with Gasteiger partial charge in [0.25, 0.3) is 0 Å². The molecule has 0 atom stereocenters. The smallest absolute Gasteiger partial charge is 0.169 e. The first-order chi connectivity index (χ1) is 10.7. The number of aromatic nitrogens is 3. The number of thiophene rings is 1. The van der Waals surface area contributed by atoms with Crippen LogP contribution in [0.1, 0.15) is 42.1 Å². The Morgan fingerprint density at radius 1 is 1.32 bits per heavy atom. The molecule has 4 nitrogen and oxygen atoms in total. The summed E-state index contributed by atoms with van der Waals surface area (Å²) >= 11 is 1.45. The molecule has 0 spiro atoms. The van der Waals surface area contributed by atoms with E-state index in [1.807, 2.05) is 24.3 Å². The number of unbranched alkanes of at least 4 members (excludes halogenated alkanes) is 1. The average molecular weight is 309 g/mol. The molecule has 0 bridgehead atoms. The molecular formula is C17H15N3OS. The third kappa shape index (κ3) is 2.78. The predicted molar refractivity (Wildman–Crippen MR) is 88.1 cm³/mol. The summed E-state index contributed by atoms with van der Waals surface area (Å²) in [5.74, 6) is 6.24. The van der Waals surface area contributed by atoms with Crippen LogP contribution in [0.4, 0.5) is 0 Å². The van der Waals surface area contributed by atoms with Crippen molar-refractivity contribution in [3.8, 4) is 22.4 Å². The van der Waals surface area contributed by atoms with Crippen LogP contribution in [0.2, 0.25) is 0 Å². The van der Waals surface area contributed by atoms with E-state index >= 15 is 0 Å². The molecule has 3 rings (SSSR count). The minimum Gasteiger partial charge on any atom is -0.294 e. The van der Waals surface area contributed by atoms with Crippen LogP contribution in [0.3, 0.4) is 0 Å². The van der Waals surface area contributed by atoms with Crippen molar-refractivity contribution in [3.05, 3.63) is 41.0 Å². The highest BCUT2D eigenvalue weighted by molar-refractivity contribution is 7.17. The molecule has 22 heavy (non-hydrogen) atoms. The molecule has 0 aromatic carbocycles. The summed E-state index contributed by atoms with van der Waals surface area (Å²) in [6.07, 6.45) is 3.68. The zero-order chi connectivity index (χ0) is 15.5. The van der Waals surface area contributed by atoms with Gasteiger partial charge < -0.3 is 0 Å². The maximum Gasteiger partial charge on any atom is 0.169 e. The Bertz CT molecular complexity index is 895. The molecule has 0 N–H and O–H groups in total. The van der Waals surface area contributed by atoms with Crippen LogP contribution in [-0.2, 0) is 0 Å². The topological polar surface area (TPSA) is 47.3 Å². The normalized spacial score (nSPS) is 10.5. The maximum atomic E-state index is 11.4. The first-order valence-electron chi connectivity index (χ1n) is 7.14. The molecule has 110 valence electrons. The number of ketones is 1. The summed E-state index contributed by atoms with van der Waals surface area (Å²) in [5.41, 5.74) is 2.38. The first-order valence-corrected chi connectivity index (χ1v) is 7.95. The molecule has 0 amide bonds. The Labute approximate surface area is 132 Å². The van der Waals surface area contributed by atoms with E-state index in [1.165, 1.54) is 11.3 Å². The summed E-state index contributed by atoms with van der Waals surface area (Å²) in [5, 5.41) is 4.54. The maximum absolute atomic E-state index is 11.4. The molecule has 0 radical (unpaired) electrons. The molecule has 0 fully saturated rings. The fourth-order valence-corrected chi connectivity index (χ4v) is 2.95. The van der Waals surface area contributed by atoms with Crippen LogP contribution in [0.5, 0.6) is 0 Å². The number of fused-ring (bicyclic) bond motifs is 1. The third-order valence-electron chi connectivity index (χ3n) is 3.16. The van der Waals surface area contributed by atoms with Gasteiger partial charge in [-0.05, 0) is 43.5 Å². The largest absolute Gasteiger partial charge is 0.294 e. The van der Waals surface area contributed by atoms with E-state index in [1.54, 1.807) is 17.6 Å². The highest BCUT2D eigenvalue weighted by Crippen LogP contribution is 2.28.